The molecule has 0 unspecified atom stereocenters. The minimum atomic E-state index is 0.318. The van der Waals surface area contributed by atoms with Crippen LogP contribution < -0.4 is 20.5 Å². The average Bonchev–Trinajstić information content (AvgIpc) is 2.93. The van der Waals surface area contributed by atoms with Crippen LogP contribution in [0.1, 0.15) is 38.2 Å². The summed E-state index contributed by atoms with van der Waals surface area (Å²) in [6.07, 6.45) is 6.93. The van der Waals surface area contributed by atoms with Gasteiger partial charge in [-0.3, -0.25) is 0 Å². The van der Waals surface area contributed by atoms with Crippen LogP contribution in [0.15, 0.2) is 59.6 Å². The molecule has 4 aromatic rings. The monoisotopic (exact) mass is 534 g/mol. The topological polar surface area (TPSA) is 98.0 Å². The highest BCUT2D eigenvalue weighted by Crippen LogP contribution is 2.35. The van der Waals surface area contributed by atoms with Gasteiger partial charge >= 0.3 is 0 Å². The van der Waals surface area contributed by atoms with Crippen LogP contribution in [0.25, 0.3) is 22.0 Å². The standard InChI is InChI=1S/C28H31ClN6OS/c1-3-17-14-18(15-19-16-31-28(34-26(17)19)32-21-10-8-20(30)9-11-21)22-12-13-25(33-27(22)36-2)35-37-24-7-5-4-6-23(24)29/h4-7,12-16,20-21H,3,8-11,30H2,1-2H3,(H,33,35)(H,31,32,34). The molecule has 1 fully saturated rings. The number of rotatable bonds is 8. The Labute approximate surface area is 226 Å². The number of aryl methyl sites for hydroxylation is 1. The first-order valence-corrected chi connectivity index (χ1v) is 13.8. The molecule has 1 saturated carbocycles. The van der Waals surface area contributed by atoms with Crippen LogP contribution in [-0.4, -0.2) is 34.1 Å². The number of nitrogens with one attached hydrogen (secondary N) is 2. The van der Waals surface area contributed by atoms with Crippen LogP contribution in [0, 0.1) is 0 Å². The number of methoxy groups -OCH3 is 1. The molecule has 0 spiro atoms. The maximum absolute atomic E-state index is 6.27. The summed E-state index contributed by atoms with van der Waals surface area (Å²) in [5.41, 5.74) is 10.1. The summed E-state index contributed by atoms with van der Waals surface area (Å²) in [5.74, 6) is 1.91. The first-order valence-electron chi connectivity index (χ1n) is 12.6. The van der Waals surface area contributed by atoms with Crippen molar-refractivity contribution in [3.8, 4) is 17.0 Å². The second-order valence-electron chi connectivity index (χ2n) is 9.26. The Kier molecular flexibility index (Phi) is 7.98. The SMILES string of the molecule is CCc1cc(-c2ccc(NSc3ccccc3Cl)nc2OC)cc2cnc(NC3CCC(N)CC3)nc12. The molecular formula is C28H31ClN6OS. The molecule has 0 bridgehead atoms. The zero-order chi connectivity index (χ0) is 25.8. The molecule has 9 heteroatoms. The summed E-state index contributed by atoms with van der Waals surface area (Å²) in [4.78, 5) is 15.1. The van der Waals surface area contributed by atoms with Crippen molar-refractivity contribution >= 4 is 46.2 Å². The summed E-state index contributed by atoms with van der Waals surface area (Å²) >= 11 is 7.68. The third kappa shape index (κ3) is 5.92. The first-order chi connectivity index (χ1) is 18.0. The minimum absolute atomic E-state index is 0.318. The molecule has 37 heavy (non-hydrogen) atoms. The lowest BCUT2D eigenvalue weighted by molar-refractivity contribution is 0.400. The Balaban J connectivity index is 1.39. The van der Waals surface area contributed by atoms with E-state index in [0.717, 1.165) is 64.6 Å². The lowest BCUT2D eigenvalue weighted by Gasteiger charge is -2.26. The Hall–Kier alpha value is -3.07. The highest BCUT2D eigenvalue weighted by molar-refractivity contribution is 8.00. The molecule has 4 N–H and O–H groups in total. The second-order valence-corrected chi connectivity index (χ2v) is 10.5. The molecule has 192 valence electrons. The van der Waals surface area contributed by atoms with Crippen LogP contribution in [0.3, 0.4) is 0 Å². The molecule has 7 nitrogen and oxygen atoms in total. The fraction of sp³-hybridized carbons (Fsp3) is 0.321. The van der Waals surface area contributed by atoms with Gasteiger partial charge in [-0.05, 0) is 91.6 Å². The fourth-order valence-electron chi connectivity index (χ4n) is 4.67. The first kappa shape index (κ1) is 25.6. The van der Waals surface area contributed by atoms with Gasteiger partial charge in [-0.2, -0.15) is 4.98 Å². The van der Waals surface area contributed by atoms with Gasteiger partial charge < -0.3 is 20.5 Å². The number of pyridine rings is 1. The summed E-state index contributed by atoms with van der Waals surface area (Å²) in [6.45, 7) is 2.14. The number of halogens is 1. The maximum Gasteiger partial charge on any atom is 0.223 e. The normalized spacial score (nSPS) is 17.5. The van der Waals surface area contributed by atoms with Crippen LogP contribution in [0.4, 0.5) is 11.8 Å². The van der Waals surface area contributed by atoms with Gasteiger partial charge in [0.15, 0.2) is 0 Å². The van der Waals surface area contributed by atoms with Crippen LogP contribution in [0.5, 0.6) is 5.88 Å². The van der Waals surface area contributed by atoms with Gasteiger partial charge in [0.25, 0.3) is 0 Å². The molecule has 0 aliphatic heterocycles. The lowest BCUT2D eigenvalue weighted by atomic mass is 9.92. The van der Waals surface area contributed by atoms with Gasteiger partial charge in [-0.1, -0.05) is 30.7 Å². The Bertz CT molecular complexity index is 1390. The summed E-state index contributed by atoms with van der Waals surface area (Å²) in [5, 5.41) is 5.20. The molecular weight excluding hydrogens is 504 g/mol. The van der Waals surface area contributed by atoms with Gasteiger partial charge in [0.05, 0.1) is 17.6 Å². The van der Waals surface area contributed by atoms with E-state index in [4.69, 9.17) is 27.1 Å². The van der Waals surface area contributed by atoms with Crippen LogP contribution in [-0.2, 0) is 6.42 Å². The number of nitrogens with two attached hydrogens (primary N) is 1. The molecule has 0 amide bonds. The molecule has 2 heterocycles. The number of benzene rings is 2. The number of anilines is 2. The van der Waals surface area contributed by atoms with E-state index in [1.54, 1.807) is 7.11 Å². The predicted octanol–water partition coefficient (Wildman–Crippen LogP) is 6.72. The van der Waals surface area contributed by atoms with Crippen molar-refractivity contribution in [1.29, 1.82) is 0 Å². The number of hydrogen-bond donors (Lipinski definition) is 3. The molecule has 1 aliphatic rings. The van der Waals surface area contributed by atoms with E-state index in [-0.39, 0.29) is 0 Å². The van der Waals surface area contributed by atoms with Gasteiger partial charge in [-0.15, -0.1) is 0 Å². The second kappa shape index (κ2) is 11.5. The van der Waals surface area contributed by atoms with Crippen molar-refractivity contribution < 1.29 is 4.74 Å². The number of aromatic nitrogens is 3. The predicted molar refractivity (Wildman–Crippen MR) is 153 cm³/mol. The number of nitrogens with zero attached hydrogens (tertiary/aromatic N) is 3. The summed E-state index contributed by atoms with van der Waals surface area (Å²) < 4.78 is 8.93. The summed E-state index contributed by atoms with van der Waals surface area (Å²) in [7, 11) is 1.64. The average molecular weight is 535 g/mol. The van der Waals surface area contributed by atoms with Crippen molar-refractivity contribution in [3.05, 3.63) is 65.3 Å². The van der Waals surface area contributed by atoms with Gasteiger partial charge in [0.1, 0.15) is 5.82 Å². The molecule has 5 rings (SSSR count). The van der Waals surface area contributed by atoms with Crippen molar-refractivity contribution in [2.45, 2.75) is 56.0 Å². The molecule has 2 aromatic carbocycles. The highest BCUT2D eigenvalue weighted by atomic mass is 35.5. The smallest absolute Gasteiger partial charge is 0.223 e. The summed E-state index contributed by atoms with van der Waals surface area (Å²) in [6, 6.07) is 16.6. The Morgan fingerprint density at radius 2 is 1.89 bits per heavy atom. The van der Waals surface area contributed by atoms with Gasteiger partial charge in [0, 0.05) is 34.1 Å². The van der Waals surface area contributed by atoms with Crippen LogP contribution in [0.2, 0.25) is 5.02 Å². The van der Waals surface area contributed by atoms with E-state index in [1.165, 1.54) is 11.9 Å². The maximum atomic E-state index is 6.27. The highest BCUT2D eigenvalue weighted by Gasteiger charge is 2.20. The minimum Gasteiger partial charge on any atom is -0.480 e. The largest absolute Gasteiger partial charge is 0.480 e. The molecule has 0 saturated heterocycles. The fourth-order valence-corrected chi connectivity index (χ4v) is 5.56. The lowest BCUT2D eigenvalue weighted by Crippen LogP contribution is -2.33. The van der Waals surface area contributed by atoms with E-state index in [1.807, 2.05) is 42.6 Å². The third-order valence-electron chi connectivity index (χ3n) is 6.71. The van der Waals surface area contributed by atoms with E-state index < -0.39 is 0 Å². The Morgan fingerprint density at radius 1 is 1.08 bits per heavy atom. The van der Waals surface area contributed by atoms with Crippen LogP contribution >= 0.6 is 23.5 Å². The molecule has 0 atom stereocenters. The van der Waals surface area contributed by atoms with Crippen molar-refractivity contribution in [2.75, 3.05) is 17.1 Å². The van der Waals surface area contributed by atoms with E-state index in [2.05, 4.69) is 39.1 Å². The van der Waals surface area contributed by atoms with Gasteiger partial charge in [0.2, 0.25) is 11.8 Å². The zero-order valence-electron chi connectivity index (χ0n) is 21.0. The number of fused-ring (bicyclic) bond motifs is 1. The molecule has 2 aromatic heterocycles. The van der Waals surface area contributed by atoms with E-state index >= 15 is 0 Å². The third-order valence-corrected chi connectivity index (χ3v) is 8.04. The molecule has 1 aliphatic carbocycles. The molecule has 0 radical (unpaired) electrons. The Morgan fingerprint density at radius 3 is 2.65 bits per heavy atom. The van der Waals surface area contributed by atoms with E-state index in [0.29, 0.717) is 34.8 Å². The van der Waals surface area contributed by atoms with Crippen molar-refractivity contribution in [3.63, 3.8) is 0 Å². The number of hydrogen-bond acceptors (Lipinski definition) is 8. The van der Waals surface area contributed by atoms with E-state index in [9.17, 15) is 0 Å². The zero-order valence-corrected chi connectivity index (χ0v) is 22.6. The van der Waals surface area contributed by atoms with Crippen molar-refractivity contribution in [1.82, 2.24) is 15.0 Å². The number of ether oxygens (including phenoxy) is 1. The van der Waals surface area contributed by atoms with Gasteiger partial charge in [-0.25, -0.2) is 9.97 Å². The quantitative estimate of drug-likeness (QED) is 0.214. The van der Waals surface area contributed by atoms with Crippen molar-refractivity contribution in [2.24, 2.45) is 5.73 Å².